The molecule has 1 aliphatic rings. The van der Waals surface area contributed by atoms with Gasteiger partial charge >= 0.3 is 5.97 Å². The topological polar surface area (TPSA) is 88.4 Å². The van der Waals surface area contributed by atoms with Crippen molar-refractivity contribution >= 4 is 27.8 Å². The van der Waals surface area contributed by atoms with Crippen LogP contribution in [0.1, 0.15) is 19.3 Å². The molecule has 1 amide bonds. The Morgan fingerprint density at radius 2 is 2.15 bits per heavy atom. The zero-order valence-corrected chi connectivity index (χ0v) is 12.3. The van der Waals surface area contributed by atoms with E-state index in [1.807, 2.05) is 0 Å². The third-order valence-electron chi connectivity index (χ3n) is 3.16. The average Bonchev–Trinajstić information content (AvgIpc) is 3.17. The number of nitrogens with zero attached hydrogens (tertiary/aromatic N) is 1. The third-order valence-corrected chi connectivity index (χ3v) is 3.63. The Kier molecular flexibility index (Phi) is 4.59. The van der Waals surface area contributed by atoms with E-state index in [4.69, 9.17) is 5.11 Å². The van der Waals surface area contributed by atoms with Crippen LogP contribution in [0.4, 0.5) is 0 Å². The molecule has 1 aromatic rings. The maximum absolute atomic E-state index is 11.8. The SMILES string of the molecule is O=C(Cn1cc(Br)ccc1=O)NC(CC1CC1)C(=O)O. The second-order valence-electron chi connectivity index (χ2n) is 4.95. The van der Waals surface area contributed by atoms with Crippen molar-refractivity contribution in [2.24, 2.45) is 5.92 Å². The fraction of sp³-hybridized carbons (Fsp3) is 0.462. The van der Waals surface area contributed by atoms with Crippen LogP contribution in [0.2, 0.25) is 0 Å². The van der Waals surface area contributed by atoms with E-state index in [0.717, 1.165) is 12.8 Å². The van der Waals surface area contributed by atoms with Crippen molar-refractivity contribution < 1.29 is 14.7 Å². The van der Waals surface area contributed by atoms with Gasteiger partial charge in [-0.2, -0.15) is 0 Å². The van der Waals surface area contributed by atoms with Gasteiger partial charge in [0, 0.05) is 16.7 Å². The van der Waals surface area contributed by atoms with Gasteiger partial charge < -0.3 is 15.0 Å². The van der Waals surface area contributed by atoms with Gasteiger partial charge in [-0.1, -0.05) is 12.8 Å². The fourth-order valence-corrected chi connectivity index (χ4v) is 2.31. The molecule has 1 atom stereocenters. The second kappa shape index (κ2) is 6.21. The van der Waals surface area contributed by atoms with Gasteiger partial charge in [-0.05, 0) is 34.3 Å². The summed E-state index contributed by atoms with van der Waals surface area (Å²) in [6.07, 6.45) is 3.99. The van der Waals surface area contributed by atoms with Gasteiger partial charge in [0.25, 0.3) is 5.56 Å². The van der Waals surface area contributed by atoms with E-state index in [-0.39, 0.29) is 12.1 Å². The maximum atomic E-state index is 11.8. The molecule has 0 spiro atoms. The average molecular weight is 343 g/mol. The van der Waals surface area contributed by atoms with Crippen LogP contribution in [0.5, 0.6) is 0 Å². The highest BCUT2D eigenvalue weighted by molar-refractivity contribution is 9.10. The number of hydrogen-bond donors (Lipinski definition) is 2. The predicted molar refractivity (Wildman–Crippen MR) is 75.3 cm³/mol. The zero-order chi connectivity index (χ0) is 14.7. The summed E-state index contributed by atoms with van der Waals surface area (Å²) < 4.78 is 1.91. The molecule has 0 aliphatic heterocycles. The first-order valence-electron chi connectivity index (χ1n) is 6.34. The summed E-state index contributed by atoms with van der Waals surface area (Å²) in [4.78, 5) is 34.5. The molecular weight excluding hydrogens is 328 g/mol. The Labute approximate surface area is 123 Å². The first kappa shape index (κ1) is 14.8. The number of pyridine rings is 1. The monoisotopic (exact) mass is 342 g/mol. The Morgan fingerprint density at radius 1 is 1.45 bits per heavy atom. The van der Waals surface area contributed by atoms with Crippen molar-refractivity contribution in [2.45, 2.75) is 31.8 Å². The summed E-state index contributed by atoms with van der Waals surface area (Å²) in [5.74, 6) is -1.12. The highest BCUT2D eigenvalue weighted by Gasteiger charge is 2.30. The van der Waals surface area contributed by atoms with Crippen molar-refractivity contribution in [1.82, 2.24) is 9.88 Å². The first-order valence-corrected chi connectivity index (χ1v) is 7.13. The number of aliphatic carboxylic acids is 1. The predicted octanol–water partition coefficient (Wildman–Crippen LogP) is 0.980. The first-order chi connectivity index (χ1) is 9.45. The number of aromatic nitrogens is 1. The lowest BCUT2D eigenvalue weighted by atomic mass is 10.1. The maximum Gasteiger partial charge on any atom is 0.326 e. The number of carbonyl (C=O) groups is 2. The number of rotatable bonds is 6. The van der Waals surface area contributed by atoms with Crippen LogP contribution in [-0.2, 0) is 16.1 Å². The zero-order valence-electron chi connectivity index (χ0n) is 10.7. The van der Waals surface area contributed by atoms with E-state index in [9.17, 15) is 14.4 Å². The summed E-state index contributed by atoms with van der Waals surface area (Å²) in [6.45, 7) is -0.188. The van der Waals surface area contributed by atoms with Gasteiger partial charge in [-0.25, -0.2) is 4.79 Å². The lowest BCUT2D eigenvalue weighted by Crippen LogP contribution is -2.43. The van der Waals surface area contributed by atoms with Crippen molar-refractivity contribution in [3.63, 3.8) is 0 Å². The number of halogens is 1. The van der Waals surface area contributed by atoms with Crippen molar-refractivity contribution in [3.8, 4) is 0 Å². The minimum Gasteiger partial charge on any atom is -0.480 e. The molecule has 1 unspecified atom stereocenters. The van der Waals surface area contributed by atoms with Gasteiger partial charge in [0.15, 0.2) is 0 Å². The van der Waals surface area contributed by atoms with Crippen LogP contribution < -0.4 is 10.9 Å². The lowest BCUT2D eigenvalue weighted by Gasteiger charge is -2.14. The van der Waals surface area contributed by atoms with Crippen molar-refractivity contribution in [2.75, 3.05) is 0 Å². The van der Waals surface area contributed by atoms with Crippen LogP contribution in [-0.4, -0.2) is 27.6 Å². The standard InChI is InChI=1S/C13H15BrN2O4/c14-9-3-4-12(18)16(6-9)7-11(17)15-10(13(19)20)5-8-1-2-8/h3-4,6,8,10H,1-2,5,7H2,(H,15,17)(H,19,20). The Bertz CT molecular complexity index is 580. The van der Waals surface area contributed by atoms with E-state index in [0.29, 0.717) is 16.8 Å². The van der Waals surface area contributed by atoms with E-state index in [1.54, 1.807) is 6.07 Å². The molecule has 7 heteroatoms. The van der Waals surface area contributed by atoms with Crippen LogP contribution in [0.15, 0.2) is 27.6 Å². The Balaban J connectivity index is 1.98. The fourth-order valence-electron chi connectivity index (χ4n) is 1.93. The van der Waals surface area contributed by atoms with Gasteiger partial charge in [-0.3, -0.25) is 9.59 Å². The second-order valence-corrected chi connectivity index (χ2v) is 5.87. The summed E-state index contributed by atoms with van der Waals surface area (Å²) in [5.41, 5.74) is -0.308. The number of hydrogen-bond acceptors (Lipinski definition) is 3. The number of amides is 1. The summed E-state index contributed by atoms with van der Waals surface area (Å²) >= 11 is 3.22. The quantitative estimate of drug-likeness (QED) is 0.806. The van der Waals surface area contributed by atoms with Crippen LogP contribution in [0, 0.1) is 5.92 Å². The highest BCUT2D eigenvalue weighted by atomic mass is 79.9. The molecular formula is C13H15BrN2O4. The Morgan fingerprint density at radius 3 is 2.75 bits per heavy atom. The molecule has 6 nitrogen and oxygen atoms in total. The van der Waals surface area contributed by atoms with Crippen molar-refractivity contribution in [1.29, 1.82) is 0 Å². The molecule has 0 saturated heterocycles. The van der Waals surface area contributed by atoms with E-state index < -0.39 is 17.9 Å². The van der Waals surface area contributed by atoms with E-state index >= 15 is 0 Å². The molecule has 2 rings (SSSR count). The van der Waals surface area contributed by atoms with Crippen LogP contribution in [0.25, 0.3) is 0 Å². The van der Waals surface area contributed by atoms with Gasteiger partial charge in [0.2, 0.25) is 5.91 Å². The van der Waals surface area contributed by atoms with Crippen LogP contribution in [0.3, 0.4) is 0 Å². The molecule has 1 aliphatic carbocycles. The molecule has 20 heavy (non-hydrogen) atoms. The number of carboxylic acid groups (broad SMARTS) is 1. The number of nitrogens with one attached hydrogen (secondary N) is 1. The molecule has 1 fully saturated rings. The minimum absolute atomic E-state index is 0.188. The van der Waals surface area contributed by atoms with Crippen molar-refractivity contribution in [3.05, 3.63) is 33.2 Å². The van der Waals surface area contributed by atoms with Gasteiger partial charge in [0.1, 0.15) is 12.6 Å². The molecule has 0 aromatic carbocycles. The number of carboxylic acids is 1. The largest absolute Gasteiger partial charge is 0.480 e. The van der Waals surface area contributed by atoms with E-state index in [2.05, 4.69) is 21.2 Å². The normalized spacial score (nSPS) is 15.7. The smallest absolute Gasteiger partial charge is 0.326 e. The minimum atomic E-state index is -1.04. The van der Waals surface area contributed by atoms with Gasteiger partial charge in [-0.15, -0.1) is 0 Å². The lowest BCUT2D eigenvalue weighted by molar-refractivity contribution is -0.142. The summed E-state index contributed by atoms with van der Waals surface area (Å²) in [7, 11) is 0. The van der Waals surface area contributed by atoms with Gasteiger partial charge in [0.05, 0.1) is 0 Å². The summed E-state index contributed by atoms with van der Waals surface area (Å²) in [5, 5.41) is 11.5. The number of carbonyl (C=O) groups excluding carboxylic acids is 1. The molecule has 108 valence electrons. The Hall–Kier alpha value is -1.63. The van der Waals surface area contributed by atoms with E-state index in [1.165, 1.54) is 16.8 Å². The highest BCUT2D eigenvalue weighted by Crippen LogP contribution is 2.33. The molecule has 0 radical (unpaired) electrons. The summed E-state index contributed by atoms with van der Waals surface area (Å²) in [6, 6.07) is 2.05. The molecule has 1 aromatic heterocycles. The van der Waals surface area contributed by atoms with Crippen LogP contribution >= 0.6 is 15.9 Å². The molecule has 2 N–H and O–H groups in total. The third kappa shape index (κ3) is 4.19. The molecule has 1 saturated carbocycles. The molecule has 1 heterocycles. The molecule has 0 bridgehead atoms.